The SMILES string of the molecule is Cc1ccc(OC(=O)C(C)(CC(C)(C)C)C(C)(C)C)cc1C(=O)C=O. The minimum atomic E-state index is -0.703. The molecule has 1 aromatic rings. The fraction of sp³-hybridized carbons (Fsp3) is 0.571. The van der Waals surface area contributed by atoms with Crippen LogP contribution in [0.3, 0.4) is 0 Å². The average Bonchev–Trinajstić information content (AvgIpc) is 2.45. The summed E-state index contributed by atoms with van der Waals surface area (Å²) in [5, 5.41) is 0. The molecule has 0 saturated heterocycles. The van der Waals surface area contributed by atoms with Gasteiger partial charge < -0.3 is 4.74 Å². The van der Waals surface area contributed by atoms with Gasteiger partial charge in [-0.15, -0.1) is 0 Å². The fourth-order valence-corrected chi connectivity index (χ4v) is 2.92. The molecule has 1 rings (SSSR count). The van der Waals surface area contributed by atoms with Crippen LogP contribution in [0, 0.1) is 23.2 Å². The van der Waals surface area contributed by atoms with Crippen molar-refractivity contribution in [2.24, 2.45) is 16.2 Å². The number of aryl methyl sites for hydroxylation is 1. The van der Waals surface area contributed by atoms with Crippen molar-refractivity contribution in [2.75, 3.05) is 0 Å². The monoisotopic (exact) mass is 346 g/mol. The Morgan fingerprint density at radius 1 is 1.04 bits per heavy atom. The van der Waals surface area contributed by atoms with Crippen molar-refractivity contribution in [1.29, 1.82) is 0 Å². The van der Waals surface area contributed by atoms with Crippen LogP contribution in [0.2, 0.25) is 0 Å². The van der Waals surface area contributed by atoms with E-state index in [1.165, 1.54) is 6.07 Å². The normalized spacial score (nSPS) is 14.6. The van der Waals surface area contributed by atoms with E-state index in [-0.39, 0.29) is 34.4 Å². The Bertz CT molecular complexity index is 674. The standard InChI is InChI=1S/C21H30O4/c1-14-9-10-15(11-16(14)17(23)12-22)25-18(24)21(8,20(5,6)7)13-19(2,3)4/h9-12H,13H2,1-8H3. The van der Waals surface area contributed by atoms with Gasteiger partial charge in [0.25, 0.3) is 0 Å². The summed E-state index contributed by atoms with van der Waals surface area (Å²) in [6, 6.07) is 4.79. The maximum absolute atomic E-state index is 13.0. The molecule has 4 heteroatoms. The zero-order chi connectivity index (χ0) is 19.6. The molecule has 0 aliphatic heterocycles. The van der Waals surface area contributed by atoms with E-state index in [0.29, 0.717) is 12.0 Å². The van der Waals surface area contributed by atoms with Crippen LogP contribution in [0.1, 0.15) is 70.8 Å². The summed E-state index contributed by atoms with van der Waals surface area (Å²) >= 11 is 0. The zero-order valence-corrected chi connectivity index (χ0v) is 16.6. The van der Waals surface area contributed by atoms with Crippen LogP contribution in [0.15, 0.2) is 18.2 Å². The Morgan fingerprint density at radius 2 is 1.60 bits per heavy atom. The topological polar surface area (TPSA) is 60.4 Å². The number of benzene rings is 1. The van der Waals surface area contributed by atoms with Gasteiger partial charge in [-0.25, -0.2) is 0 Å². The van der Waals surface area contributed by atoms with Crippen LogP contribution in [-0.2, 0) is 9.59 Å². The number of rotatable bonds is 5. The van der Waals surface area contributed by atoms with Crippen molar-refractivity contribution in [3.8, 4) is 5.75 Å². The first-order chi connectivity index (χ1) is 11.2. The van der Waals surface area contributed by atoms with E-state index in [1.807, 2.05) is 27.7 Å². The molecule has 0 N–H and O–H groups in total. The number of esters is 1. The summed E-state index contributed by atoms with van der Waals surface area (Å²) in [7, 11) is 0. The molecule has 0 aliphatic carbocycles. The molecule has 1 aromatic carbocycles. The Labute approximate surface area is 151 Å². The number of aldehydes is 1. The van der Waals surface area contributed by atoms with Gasteiger partial charge in [-0.2, -0.15) is 0 Å². The predicted molar refractivity (Wildman–Crippen MR) is 98.8 cm³/mol. The van der Waals surface area contributed by atoms with E-state index in [2.05, 4.69) is 20.8 Å². The largest absolute Gasteiger partial charge is 0.426 e. The molecule has 25 heavy (non-hydrogen) atoms. The van der Waals surface area contributed by atoms with E-state index in [1.54, 1.807) is 19.1 Å². The summed E-state index contributed by atoms with van der Waals surface area (Å²) in [4.78, 5) is 35.5. The van der Waals surface area contributed by atoms with Crippen LogP contribution in [-0.4, -0.2) is 18.0 Å². The van der Waals surface area contributed by atoms with Gasteiger partial charge in [-0.1, -0.05) is 47.6 Å². The van der Waals surface area contributed by atoms with Crippen LogP contribution < -0.4 is 4.74 Å². The van der Waals surface area contributed by atoms with Crippen molar-refractivity contribution in [3.63, 3.8) is 0 Å². The van der Waals surface area contributed by atoms with Gasteiger partial charge in [0.2, 0.25) is 5.78 Å². The number of hydrogen-bond acceptors (Lipinski definition) is 4. The van der Waals surface area contributed by atoms with Crippen LogP contribution >= 0.6 is 0 Å². The van der Waals surface area contributed by atoms with Gasteiger partial charge in [0.1, 0.15) is 5.75 Å². The molecule has 0 aliphatic rings. The minimum Gasteiger partial charge on any atom is -0.426 e. The Balaban J connectivity index is 3.21. The fourth-order valence-electron chi connectivity index (χ4n) is 2.92. The second-order valence-corrected chi connectivity index (χ2v) is 9.17. The molecule has 0 heterocycles. The molecule has 138 valence electrons. The van der Waals surface area contributed by atoms with Gasteiger partial charge in [0.05, 0.1) is 5.41 Å². The first-order valence-electron chi connectivity index (χ1n) is 8.54. The average molecular weight is 346 g/mol. The second-order valence-electron chi connectivity index (χ2n) is 9.17. The zero-order valence-electron chi connectivity index (χ0n) is 16.6. The highest BCUT2D eigenvalue weighted by molar-refractivity contribution is 6.33. The van der Waals surface area contributed by atoms with Crippen molar-refractivity contribution >= 4 is 18.0 Å². The van der Waals surface area contributed by atoms with Gasteiger partial charge in [0, 0.05) is 5.56 Å². The Morgan fingerprint density at radius 3 is 2.04 bits per heavy atom. The summed E-state index contributed by atoms with van der Waals surface area (Å²) in [6.07, 6.45) is 0.932. The molecular weight excluding hydrogens is 316 g/mol. The summed E-state index contributed by atoms with van der Waals surface area (Å²) in [6.45, 7) is 16.0. The number of ether oxygens (including phenoxy) is 1. The third kappa shape index (κ3) is 5.00. The number of carbonyl (C=O) groups is 3. The predicted octanol–water partition coefficient (Wildman–Crippen LogP) is 4.77. The van der Waals surface area contributed by atoms with Crippen LogP contribution in [0.5, 0.6) is 5.75 Å². The first kappa shape index (κ1) is 21.1. The number of ketones is 1. The lowest BCUT2D eigenvalue weighted by atomic mass is 9.61. The maximum Gasteiger partial charge on any atom is 0.317 e. The second kappa shape index (κ2) is 7.11. The van der Waals surface area contributed by atoms with Crippen LogP contribution in [0.4, 0.5) is 0 Å². The van der Waals surface area contributed by atoms with E-state index in [9.17, 15) is 14.4 Å². The summed E-state index contributed by atoms with van der Waals surface area (Å²) in [5.74, 6) is -0.669. The quantitative estimate of drug-likeness (QED) is 0.253. The smallest absolute Gasteiger partial charge is 0.317 e. The maximum atomic E-state index is 13.0. The molecule has 0 fully saturated rings. The number of Topliss-reactive ketones (excluding diaryl/α,β-unsaturated/α-hetero) is 1. The molecule has 1 atom stereocenters. The lowest BCUT2D eigenvalue weighted by Crippen LogP contribution is -2.45. The lowest BCUT2D eigenvalue weighted by molar-refractivity contribution is -0.154. The van der Waals surface area contributed by atoms with Gasteiger partial charge in [-0.05, 0) is 48.8 Å². The molecule has 0 aromatic heterocycles. The van der Waals surface area contributed by atoms with E-state index in [0.717, 1.165) is 0 Å². The van der Waals surface area contributed by atoms with Gasteiger partial charge in [0.15, 0.2) is 6.29 Å². The molecule has 0 amide bonds. The molecule has 0 spiro atoms. The molecule has 0 saturated carbocycles. The van der Waals surface area contributed by atoms with E-state index < -0.39 is 11.2 Å². The highest BCUT2D eigenvalue weighted by atomic mass is 16.5. The highest BCUT2D eigenvalue weighted by Crippen LogP contribution is 2.47. The van der Waals surface area contributed by atoms with Gasteiger partial charge >= 0.3 is 5.97 Å². The van der Waals surface area contributed by atoms with Crippen molar-refractivity contribution in [3.05, 3.63) is 29.3 Å². The number of hydrogen-bond donors (Lipinski definition) is 0. The minimum absolute atomic E-state index is 0.0486. The highest BCUT2D eigenvalue weighted by Gasteiger charge is 2.48. The Kier molecular flexibility index (Phi) is 5.99. The third-order valence-electron chi connectivity index (χ3n) is 4.78. The third-order valence-corrected chi connectivity index (χ3v) is 4.78. The van der Waals surface area contributed by atoms with E-state index in [4.69, 9.17) is 4.74 Å². The van der Waals surface area contributed by atoms with Crippen molar-refractivity contribution in [2.45, 2.75) is 61.8 Å². The van der Waals surface area contributed by atoms with Gasteiger partial charge in [-0.3, -0.25) is 14.4 Å². The van der Waals surface area contributed by atoms with E-state index >= 15 is 0 Å². The molecule has 0 radical (unpaired) electrons. The van der Waals surface area contributed by atoms with Crippen molar-refractivity contribution < 1.29 is 19.1 Å². The number of carbonyl (C=O) groups excluding carboxylic acids is 3. The van der Waals surface area contributed by atoms with Crippen molar-refractivity contribution in [1.82, 2.24) is 0 Å². The summed E-state index contributed by atoms with van der Waals surface area (Å²) in [5.41, 5.74) is -0.125. The first-order valence-corrected chi connectivity index (χ1v) is 8.54. The van der Waals surface area contributed by atoms with Crippen LogP contribution in [0.25, 0.3) is 0 Å². The molecule has 0 bridgehead atoms. The lowest BCUT2D eigenvalue weighted by Gasteiger charge is -2.43. The molecule has 4 nitrogen and oxygen atoms in total. The molecular formula is C21H30O4. The molecule has 1 unspecified atom stereocenters. The summed E-state index contributed by atoms with van der Waals surface area (Å²) < 4.78 is 5.64. The Hall–Kier alpha value is -1.97.